The minimum Gasteiger partial charge on any atom is -0.380 e. The molecule has 5 heteroatoms. The van der Waals surface area contributed by atoms with Crippen LogP contribution in [0.15, 0.2) is 42.5 Å². The Balaban J connectivity index is 1.66. The molecule has 1 fully saturated rings. The Morgan fingerprint density at radius 1 is 1.14 bits per heavy atom. The van der Waals surface area contributed by atoms with Crippen molar-refractivity contribution in [2.45, 2.75) is 39.7 Å². The van der Waals surface area contributed by atoms with Crippen LogP contribution >= 0.6 is 0 Å². The fraction of sp³-hybridized carbons (Fsp3) is 0.391. The second-order valence-corrected chi connectivity index (χ2v) is 7.56. The Hall–Kier alpha value is -2.66. The minimum atomic E-state index is 0.0855. The Bertz CT molecular complexity index is 988. The van der Waals surface area contributed by atoms with Crippen molar-refractivity contribution >= 4 is 22.6 Å². The summed E-state index contributed by atoms with van der Waals surface area (Å²) in [6.07, 6.45) is 0.491. The number of aromatic nitrogens is 2. The molecule has 4 rings (SSSR count). The second kappa shape index (κ2) is 7.76. The number of hydrogen-bond acceptors (Lipinski definition) is 3. The molecular formula is C23H27N3O2. The van der Waals surface area contributed by atoms with Gasteiger partial charge in [-0.25, -0.2) is 4.98 Å². The van der Waals surface area contributed by atoms with Gasteiger partial charge in [0.25, 0.3) is 0 Å². The zero-order valence-corrected chi connectivity index (χ0v) is 16.8. The molecule has 1 atom stereocenters. The number of anilines is 1. The van der Waals surface area contributed by atoms with Crippen LogP contribution in [-0.4, -0.2) is 35.2 Å². The molecular weight excluding hydrogens is 350 g/mol. The van der Waals surface area contributed by atoms with Gasteiger partial charge in [-0.05, 0) is 56.2 Å². The maximum Gasteiger partial charge on any atom is 0.227 e. The topological polar surface area (TPSA) is 47.4 Å². The number of carbonyl (C=O) groups excluding carboxylic acids is 1. The monoisotopic (exact) mass is 377 g/mol. The number of nitrogens with zero attached hydrogens (tertiary/aromatic N) is 3. The first-order valence-corrected chi connectivity index (χ1v) is 9.98. The normalized spacial score (nSPS) is 17.0. The summed E-state index contributed by atoms with van der Waals surface area (Å²) < 4.78 is 7.82. The Morgan fingerprint density at radius 3 is 2.64 bits per heavy atom. The molecule has 146 valence electrons. The highest BCUT2D eigenvalue weighted by Gasteiger charge is 2.34. The van der Waals surface area contributed by atoms with Gasteiger partial charge in [-0.2, -0.15) is 0 Å². The summed E-state index contributed by atoms with van der Waals surface area (Å²) in [5.41, 5.74) is 5.42. The number of amides is 1. The Labute approximate surface area is 165 Å². The van der Waals surface area contributed by atoms with Crippen LogP contribution in [0.2, 0.25) is 0 Å². The van der Waals surface area contributed by atoms with E-state index in [1.807, 2.05) is 30.0 Å². The highest BCUT2D eigenvalue weighted by atomic mass is 16.5. The zero-order valence-electron chi connectivity index (χ0n) is 16.8. The maximum absolute atomic E-state index is 12.8. The van der Waals surface area contributed by atoms with Crippen molar-refractivity contribution in [2.75, 3.05) is 24.7 Å². The quantitative estimate of drug-likeness (QED) is 0.605. The lowest BCUT2D eigenvalue weighted by Gasteiger charge is -2.18. The molecule has 0 spiro atoms. The molecule has 0 radical (unpaired) electrons. The first kappa shape index (κ1) is 18.7. The highest BCUT2D eigenvalue weighted by Crippen LogP contribution is 2.33. The molecule has 3 aromatic rings. The van der Waals surface area contributed by atoms with Crippen molar-refractivity contribution in [3.05, 3.63) is 59.4 Å². The van der Waals surface area contributed by atoms with Gasteiger partial charge in [0, 0.05) is 37.7 Å². The summed E-state index contributed by atoms with van der Waals surface area (Å²) in [6, 6.07) is 14.5. The average Bonchev–Trinajstić information content (AvgIpc) is 3.22. The first-order chi connectivity index (χ1) is 13.6. The molecule has 1 saturated heterocycles. The second-order valence-electron chi connectivity index (χ2n) is 7.56. The fourth-order valence-electron chi connectivity index (χ4n) is 4.18. The third kappa shape index (κ3) is 3.54. The molecule has 5 nitrogen and oxygen atoms in total. The molecule has 1 aliphatic heterocycles. The summed E-state index contributed by atoms with van der Waals surface area (Å²) in [5.74, 6) is 1.24. The van der Waals surface area contributed by atoms with Gasteiger partial charge in [0.05, 0.1) is 17.6 Å². The standard InChI is InChI=1S/C23H27N3O2/c1-4-28-10-9-25-21-8-6-5-7-20(21)24-23(25)18-14-22(27)26(15-18)19-12-16(2)11-17(3)13-19/h5-8,11-13,18H,4,9-10,14-15H2,1-3H3. The molecule has 1 unspecified atom stereocenters. The molecule has 0 N–H and O–H groups in total. The van der Waals surface area contributed by atoms with E-state index in [0.29, 0.717) is 26.2 Å². The molecule has 28 heavy (non-hydrogen) atoms. The van der Waals surface area contributed by atoms with E-state index in [0.717, 1.165) is 29.1 Å². The van der Waals surface area contributed by atoms with Gasteiger partial charge >= 0.3 is 0 Å². The van der Waals surface area contributed by atoms with E-state index in [2.05, 4.69) is 42.7 Å². The van der Waals surface area contributed by atoms with Crippen molar-refractivity contribution in [3.63, 3.8) is 0 Å². The third-order valence-corrected chi connectivity index (χ3v) is 5.36. The van der Waals surface area contributed by atoms with Crippen LogP contribution in [0.4, 0.5) is 5.69 Å². The number of aryl methyl sites for hydroxylation is 2. The van der Waals surface area contributed by atoms with E-state index >= 15 is 0 Å². The van der Waals surface area contributed by atoms with E-state index in [1.54, 1.807) is 0 Å². The van der Waals surface area contributed by atoms with Crippen LogP contribution in [0.1, 0.15) is 36.2 Å². The highest BCUT2D eigenvalue weighted by molar-refractivity contribution is 5.96. The van der Waals surface area contributed by atoms with Crippen molar-refractivity contribution in [1.82, 2.24) is 9.55 Å². The van der Waals surface area contributed by atoms with Crippen LogP contribution in [0.5, 0.6) is 0 Å². The van der Waals surface area contributed by atoms with Gasteiger partial charge in [0.15, 0.2) is 0 Å². The Morgan fingerprint density at radius 2 is 1.89 bits per heavy atom. The van der Waals surface area contributed by atoms with Crippen LogP contribution in [0.25, 0.3) is 11.0 Å². The lowest BCUT2D eigenvalue weighted by molar-refractivity contribution is -0.117. The fourth-order valence-corrected chi connectivity index (χ4v) is 4.18. The number of imidazole rings is 1. The van der Waals surface area contributed by atoms with E-state index in [1.165, 1.54) is 11.1 Å². The van der Waals surface area contributed by atoms with Crippen molar-refractivity contribution in [3.8, 4) is 0 Å². The van der Waals surface area contributed by atoms with Crippen molar-refractivity contribution < 1.29 is 9.53 Å². The molecule has 0 bridgehead atoms. The van der Waals surface area contributed by atoms with E-state index in [9.17, 15) is 4.79 Å². The predicted octanol–water partition coefficient (Wildman–Crippen LogP) is 4.21. The van der Waals surface area contributed by atoms with E-state index in [-0.39, 0.29) is 11.8 Å². The summed E-state index contributed by atoms with van der Waals surface area (Å²) in [5, 5.41) is 0. The lowest BCUT2D eigenvalue weighted by atomic mass is 10.1. The summed E-state index contributed by atoms with van der Waals surface area (Å²) >= 11 is 0. The molecule has 1 aliphatic rings. The average molecular weight is 377 g/mol. The van der Waals surface area contributed by atoms with Gasteiger partial charge < -0.3 is 14.2 Å². The number of hydrogen-bond donors (Lipinski definition) is 0. The van der Waals surface area contributed by atoms with Crippen LogP contribution < -0.4 is 4.90 Å². The van der Waals surface area contributed by atoms with Gasteiger partial charge in [0.1, 0.15) is 5.82 Å². The van der Waals surface area contributed by atoms with E-state index in [4.69, 9.17) is 9.72 Å². The SMILES string of the molecule is CCOCCn1c(C2CC(=O)N(c3cc(C)cc(C)c3)C2)nc2ccccc21. The maximum atomic E-state index is 12.8. The predicted molar refractivity (Wildman–Crippen MR) is 112 cm³/mol. The summed E-state index contributed by atoms with van der Waals surface area (Å²) in [6.45, 7) is 8.90. The van der Waals surface area contributed by atoms with E-state index < -0.39 is 0 Å². The first-order valence-electron chi connectivity index (χ1n) is 9.98. The van der Waals surface area contributed by atoms with Gasteiger partial charge in [-0.1, -0.05) is 18.2 Å². The number of ether oxygens (including phenoxy) is 1. The van der Waals surface area contributed by atoms with Gasteiger partial charge in [0.2, 0.25) is 5.91 Å². The van der Waals surface area contributed by atoms with Crippen LogP contribution in [-0.2, 0) is 16.1 Å². The van der Waals surface area contributed by atoms with Gasteiger partial charge in [-0.15, -0.1) is 0 Å². The van der Waals surface area contributed by atoms with Crippen molar-refractivity contribution in [1.29, 1.82) is 0 Å². The molecule has 1 amide bonds. The largest absolute Gasteiger partial charge is 0.380 e. The summed E-state index contributed by atoms with van der Waals surface area (Å²) in [4.78, 5) is 19.6. The lowest BCUT2D eigenvalue weighted by Crippen LogP contribution is -2.24. The number of para-hydroxylation sites is 2. The molecule has 0 aliphatic carbocycles. The number of carbonyl (C=O) groups is 1. The number of benzene rings is 2. The molecule has 2 heterocycles. The third-order valence-electron chi connectivity index (χ3n) is 5.36. The number of rotatable bonds is 6. The van der Waals surface area contributed by atoms with Crippen LogP contribution in [0, 0.1) is 13.8 Å². The minimum absolute atomic E-state index is 0.0855. The van der Waals surface area contributed by atoms with Crippen LogP contribution in [0.3, 0.4) is 0 Å². The smallest absolute Gasteiger partial charge is 0.227 e. The van der Waals surface area contributed by atoms with Crippen molar-refractivity contribution in [2.24, 2.45) is 0 Å². The number of fused-ring (bicyclic) bond motifs is 1. The molecule has 1 aromatic heterocycles. The molecule has 0 saturated carbocycles. The Kier molecular flexibility index (Phi) is 5.18. The zero-order chi connectivity index (χ0) is 19.7. The summed E-state index contributed by atoms with van der Waals surface area (Å²) in [7, 11) is 0. The molecule has 2 aromatic carbocycles. The van der Waals surface area contributed by atoms with Gasteiger partial charge in [-0.3, -0.25) is 4.79 Å².